The zero-order valence-electron chi connectivity index (χ0n) is 20.1. The van der Waals surface area contributed by atoms with Crippen LogP contribution in [-0.2, 0) is 24.4 Å². The number of aryl methyl sites for hydroxylation is 1. The van der Waals surface area contributed by atoms with Crippen LogP contribution < -0.4 is 5.69 Å². The lowest BCUT2D eigenvalue weighted by Crippen LogP contribution is -2.26. The van der Waals surface area contributed by atoms with Crippen molar-refractivity contribution in [3.63, 3.8) is 0 Å². The van der Waals surface area contributed by atoms with Crippen molar-refractivity contribution >= 4 is 28.0 Å². The van der Waals surface area contributed by atoms with Gasteiger partial charge in [-0.2, -0.15) is 5.26 Å². The van der Waals surface area contributed by atoms with E-state index in [1.807, 2.05) is 4.57 Å². The van der Waals surface area contributed by atoms with Crippen molar-refractivity contribution < 1.29 is 13.9 Å². The average Bonchev–Trinajstić information content (AvgIpc) is 3.38. The van der Waals surface area contributed by atoms with E-state index < -0.39 is 11.8 Å². The zero-order valence-corrected chi connectivity index (χ0v) is 20.1. The Hall–Kier alpha value is -4.78. The molecular formula is C27H23FN6O3. The Morgan fingerprint density at radius 2 is 1.81 bits per heavy atom. The fraction of sp³-hybridized carbons (Fsp3) is 0.222. The lowest BCUT2D eigenvalue weighted by Gasteiger charge is -2.09. The maximum atomic E-state index is 13.9. The van der Waals surface area contributed by atoms with Crippen LogP contribution in [0.5, 0.6) is 0 Å². The number of carbonyl (C=O) groups is 1. The lowest BCUT2D eigenvalue weighted by molar-refractivity contribution is 0.0600. The summed E-state index contributed by atoms with van der Waals surface area (Å²) in [5.41, 5.74) is 3.60. The first-order chi connectivity index (χ1) is 18.0. The molecule has 0 aliphatic heterocycles. The largest absolute Gasteiger partial charge is 0.465 e. The Bertz CT molecular complexity index is 1710. The number of esters is 1. The first-order valence-electron chi connectivity index (χ1n) is 11.7. The molecule has 0 atom stereocenters. The zero-order chi connectivity index (χ0) is 25.9. The van der Waals surface area contributed by atoms with Gasteiger partial charge in [0, 0.05) is 25.2 Å². The summed E-state index contributed by atoms with van der Waals surface area (Å²) < 4.78 is 23.8. The van der Waals surface area contributed by atoms with Gasteiger partial charge in [0.25, 0.3) is 0 Å². The van der Waals surface area contributed by atoms with Crippen molar-refractivity contribution in [3.8, 4) is 6.07 Å². The van der Waals surface area contributed by atoms with Gasteiger partial charge in [0.05, 0.1) is 60.1 Å². The molecule has 0 saturated heterocycles. The number of imidazole rings is 2. The summed E-state index contributed by atoms with van der Waals surface area (Å²) in [5.74, 6) is -0.222. The highest BCUT2D eigenvalue weighted by Crippen LogP contribution is 2.21. The molecule has 0 radical (unpaired) electrons. The van der Waals surface area contributed by atoms with Gasteiger partial charge in [-0.15, -0.1) is 0 Å². The van der Waals surface area contributed by atoms with Crippen LogP contribution in [0.15, 0.2) is 65.7 Å². The third-order valence-corrected chi connectivity index (χ3v) is 6.30. The molecule has 0 unspecified atom stereocenters. The normalized spacial score (nSPS) is 11.2. The molecule has 5 aromatic rings. The van der Waals surface area contributed by atoms with Crippen LogP contribution in [0.1, 0.15) is 34.6 Å². The number of nitrogens with zero attached hydrogens (tertiary/aromatic N) is 6. The Morgan fingerprint density at radius 3 is 2.57 bits per heavy atom. The second kappa shape index (κ2) is 10.1. The standard InChI is InChI=1S/C27H23FN6O3/c1-37-26(35)19-6-4-18(5-7-19)16-33-24-15-30-12-10-23(24)34(27(33)36)17-25-31-21-14-20(28)8-9-22(21)32(25)13-3-2-11-29/h4-10,12,14-15H,2-3,13,16-17H2,1H3. The highest BCUT2D eigenvalue weighted by molar-refractivity contribution is 5.89. The fourth-order valence-electron chi connectivity index (χ4n) is 4.50. The average molecular weight is 499 g/mol. The maximum Gasteiger partial charge on any atom is 0.337 e. The molecule has 9 nitrogen and oxygen atoms in total. The van der Waals surface area contributed by atoms with Crippen LogP contribution in [0, 0.1) is 17.1 Å². The third kappa shape index (κ3) is 4.59. The van der Waals surface area contributed by atoms with E-state index in [1.54, 1.807) is 57.9 Å². The van der Waals surface area contributed by atoms with Crippen molar-refractivity contribution in [3.05, 3.63) is 94.2 Å². The predicted molar refractivity (Wildman–Crippen MR) is 135 cm³/mol. The number of aromatic nitrogens is 5. The molecule has 0 bridgehead atoms. The first-order valence-corrected chi connectivity index (χ1v) is 11.7. The van der Waals surface area contributed by atoms with Gasteiger partial charge in [-0.05, 0) is 42.3 Å². The van der Waals surface area contributed by atoms with Gasteiger partial charge in [-0.1, -0.05) is 12.1 Å². The summed E-state index contributed by atoms with van der Waals surface area (Å²) in [4.78, 5) is 34.2. The van der Waals surface area contributed by atoms with Crippen LogP contribution in [0.2, 0.25) is 0 Å². The van der Waals surface area contributed by atoms with Crippen molar-refractivity contribution in [2.45, 2.75) is 32.5 Å². The van der Waals surface area contributed by atoms with E-state index in [4.69, 9.17) is 10.00 Å². The van der Waals surface area contributed by atoms with Gasteiger partial charge in [0.2, 0.25) is 0 Å². The summed E-state index contributed by atoms with van der Waals surface area (Å²) in [5, 5.41) is 8.98. The molecule has 0 aliphatic carbocycles. The number of fused-ring (bicyclic) bond motifs is 2. The van der Waals surface area contributed by atoms with Gasteiger partial charge < -0.3 is 9.30 Å². The topological polar surface area (TPSA) is 108 Å². The monoisotopic (exact) mass is 498 g/mol. The number of hydrogen-bond acceptors (Lipinski definition) is 6. The molecule has 10 heteroatoms. The van der Waals surface area contributed by atoms with Crippen LogP contribution in [0.4, 0.5) is 4.39 Å². The first kappa shape index (κ1) is 23.9. The van der Waals surface area contributed by atoms with Crippen molar-refractivity contribution in [1.29, 1.82) is 5.26 Å². The summed E-state index contributed by atoms with van der Waals surface area (Å²) in [6, 6.07) is 15.2. The second-order valence-corrected chi connectivity index (χ2v) is 8.58. The molecule has 0 aliphatic rings. The van der Waals surface area contributed by atoms with Gasteiger partial charge >= 0.3 is 11.7 Å². The fourth-order valence-corrected chi connectivity index (χ4v) is 4.50. The quantitative estimate of drug-likeness (QED) is 0.237. The number of halogens is 1. The highest BCUT2D eigenvalue weighted by atomic mass is 19.1. The molecule has 5 rings (SSSR count). The number of methoxy groups -OCH3 is 1. The molecule has 37 heavy (non-hydrogen) atoms. The van der Waals surface area contributed by atoms with Crippen molar-refractivity contribution in [1.82, 2.24) is 23.7 Å². The number of ether oxygens (including phenoxy) is 1. The number of carbonyl (C=O) groups excluding carboxylic acids is 1. The minimum atomic E-state index is -0.429. The number of benzene rings is 2. The summed E-state index contributed by atoms with van der Waals surface area (Å²) >= 11 is 0. The maximum absolute atomic E-state index is 13.9. The molecule has 3 aromatic heterocycles. The Kier molecular flexibility index (Phi) is 6.51. The highest BCUT2D eigenvalue weighted by Gasteiger charge is 2.18. The molecule has 186 valence electrons. The lowest BCUT2D eigenvalue weighted by atomic mass is 10.1. The van der Waals surface area contributed by atoms with Crippen LogP contribution in [-0.4, -0.2) is 36.7 Å². The molecule has 0 amide bonds. The van der Waals surface area contributed by atoms with Crippen LogP contribution >= 0.6 is 0 Å². The molecular weight excluding hydrogens is 475 g/mol. The summed E-state index contributed by atoms with van der Waals surface area (Å²) in [6.45, 7) is 0.961. The molecule has 2 aromatic carbocycles. The van der Waals surface area contributed by atoms with E-state index in [0.29, 0.717) is 47.3 Å². The SMILES string of the molecule is COC(=O)c1ccc(Cn2c(=O)n(Cc3nc4cc(F)ccc4n3CCCC#N)c3ccncc32)cc1. The molecule has 0 spiro atoms. The summed E-state index contributed by atoms with van der Waals surface area (Å²) in [7, 11) is 1.33. The predicted octanol–water partition coefficient (Wildman–Crippen LogP) is 3.87. The minimum absolute atomic E-state index is 0.163. The van der Waals surface area contributed by atoms with Crippen molar-refractivity contribution in [2.75, 3.05) is 7.11 Å². The van der Waals surface area contributed by atoms with Gasteiger partial charge in [-0.3, -0.25) is 14.1 Å². The van der Waals surface area contributed by atoms with E-state index in [2.05, 4.69) is 16.0 Å². The number of pyridine rings is 1. The van der Waals surface area contributed by atoms with E-state index >= 15 is 0 Å². The van der Waals surface area contributed by atoms with E-state index in [0.717, 1.165) is 11.1 Å². The number of unbranched alkanes of at least 4 members (excludes halogenated alkanes) is 1. The number of nitriles is 1. The van der Waals surface area contributed by atoms with E-state index in [1.165, 1.54) is 19.2 Å². The second-order valence-electron chi connectivity index (χ2n) is 8.58. The summed E-state index contributed by atoms with van der Waals surface area (Å²) in [6.07, 6.45) is 4.24. The van der Waals surface area contributed by atoms with Crippen molar-refractivity contribution in [2.24, 2.45) is 0 Å². The van der Waals surface area contributed by atoms with E-state index in [-0.39, 0.29) is 18.8 Å². The molecule has 0 fully saturated rings. The van der Waals surface area contributed by atoms with E-state index in [9.17, 15) is 14.0 Å². The van der Waals surface area contributed by atoms with Crippen LogP contribution in [0.3, 0.4) is 0 Å². The Labute approximate surface area is 211 Å². The minimum Gasteiger partial charge on any atom is -0.465 e. The smallest absolute Gasteiger partial charge is 0.337 e. The Morgan fingerprint density at radius 1 is 1.03 bits per heavy atom. The number of hydrogen-bond donors (Lipinski definition) is 0. The third-order valence-electron chi connectivity index (χ3n) is 6.30. The van der Waals surface area contributed by atoms with Gasteiger partial charge in [-0.25, -0.2) is 19.0 Å². The molecule has 0 saturated carbocycles. The van der Waals surface area contributed by atoms with Gasteiger partial charge in [0.1, 0.15) is 11.6 Å². The Balaban J connectivity index is 1.55. The van der Waals surface area contributed by atoms with Gasteiger partial charge in [0.15, 0.2) is 0 Å². The molecule has 0 N–H and O–H groups in total. The molecule has 3 heterocycles. The number of rotatable bonds is 8. The van der Waals surface area contributed by atoms with Crippen LogP contribution in [0.25, 0.3) is 22.1 Å².